The van der Waals surface area contributed by atoms with Gasteiger partial charge in [-0.1, -0.05) is 0 Å². The minimum atomic E-state index is -3.70. The summed E-state index contributed by atoms with van der Waals surface area (Å²) in [6.07, 6.45) is 0. The van der Waals surface area contributed by atoms with Gasteiger partial charge >= 0.3 is 0 Å². The molecule has 1 rings (SSSR count). The summed E-state index contributed by atoms with van der Waals surface area (Å²) in [5, 5.41) is 8.77. The van der Waals surface area contributed by atoms with Crippen LogP contribution in [-0.4, -0.2) is 26.2 Å². The molecule has 90 valence electrons. The summed E-state index contributed by atoms with van der Waals surface area (Å²) in [5.41, 5.74) is 0.331. The van der Waals surface area contributed by atoms with Gasteiger partial charge in [-0.05, 0) is 37.6 Å². The van der Waals surface area contributed by atoms with Crippen molar-refractivity contribution in [2.45, 2.75) is 24.8 Å². The molecular weight excluding hydrogens is 233 g/mol. The van der Waals surface area contributed by atoms with Gasteiger partial charge in [-0.2, -0.15) is 0 Å². The fourth-order valence-electron chi connectivity index (χ4n) is 1.28. The number of nitrogens with one attached hydrogen (secondary N) is 1. The number of rotatable bonds is 4. The van der Waals surface area contributed by atoms with Gasteiger partial charge in [0.1, 0.15) is 5.82 Å². The maximum Gasteiger partial charge on any atom is 0.241 e. The Hall–Kier alpha value is -0.980. The predicted octanol–water partition coefficient (Wildman–Crippen LogP) is 0.793. The number of hydrogen-bond acceptors (Lipinski definition) is 3. The van der Waals surface area contributed by atoms with Crippen LogP contribution >= 0.6 is 0 Å². The van der Waals surface area contributed by atoms with E-state index in [4.69, 9.17) is 5.11 Å². The molecule has 0 heterocycles. The Morgan fingerprint density at radius 1 is 1.50 bits per heavy atom. The molecule has 1 atom stereocenters. The zero-order valence-corrected chi connectivity index (χ0v) is 9.88. The first-order valence-electron chi connectivity index (χ1n) is 4.76. The van der Waals surface area contributed by atoms with Crippen molar-refractivity contribution in [2.75, 3.05) is 6.61 Å². The molecule has 0 fully saturated rings. The van der Waals surface area contributed by atoms with Crippen molar-refractivity contribution in [3.05, 3.63) is 29.6 Å². The number of halogens is 1. The standard InChI is InChI=1S/C10H14FNO3S/c1-7-5-9(11)3-4-10(7)16(14,15)12-8(2)6-13/h3-5,8,12-13H,6H2,1-2H3/t8-/m0/s1. The lowest BCUT2D eigenvalue weighted by Crippen LogP contribution is -2.35. The van der Waals surface area contributed by atoms with Crippen LogP contribution in [0, 0.1) is 12.7 Å². The van der Waals surface area contributed by atoms with E-state index in [1.165, 1.54) is 19.9 Å². The van der Waals surface area contributed by atoms with Crippen molar-refractivity contribution in [2.24, 2.45) is 0 Å². The average molecular weight is 247 g/mol. The monoisotopic (exact) mass is 247 g/mol. The van der Waals surface area contributed by atoms with Gasteiger partial charge in [-0.25, -0.2) is 17.5 Å². The molecule has 6 heteroatoms. The molecule has 1 aromatic carbocycles. The SMILES string of the molecule is Cc1cc(F)ccc1S(=O)(=O)N[C@@H](C)CO. The number of hydrogen-bond donors (Lipinski definition) is 2. The van der Waals surface area contributed by atoms with Gasteiger partial charge in [0.25, 0.3) is 0 Å². The minimum absolute atomic E-state index is 0.0224. The Kier molecular flexibility index (Phi) is 4.01. The van der Waals surface area contributed by atoms with Gasteiger partial charge < -0.3 is 5.11 Å². The highest BCUT2D eigenvalue weighted by atomic mass is 32.2. The smallest absolute Gasteiger partial charge is 0.241 e. The Bertz CT molecular complexity index is 473. The fraction of sp³-hybridized carbons (Fsp3) is 0.400. The van der Waals surface area contributed by atoms with Gasteiger partial charge in [0, 0.05) is 6.04 Å². The zero-order valence-electron chi connectivity index (χ0n) is 9.07. The molecule has 0 aliphatic rings. The highest BCUT2D eigenvalue weighted by Crippen LogP contribution is 2.16. The molecule has 16 heavy (non-hydrogen) atoms. The van der Waals surface area contributed by atoms with E-state index in [0.29, 0.717) is 5.56 Å². The van der Waals surface area contributed by atoms with Crippen LogP contribution in [0.4, 0.5) is 4.39 Å². The van der Waals surface area contributed by atoms with Crippen LogP contribution in [0.1, 0.15) is 12.5 Å². The van der Waals surface area contributed by atoms with Crippen LogP contribution in [0.3, 0.4) is 0 Å². The first kappa shape index (κ1) is 13.1. The Morgan fingerprint density at radius 2 is 2.12 bits per heavy atom. The number of sulfonamides is 1. The van der Waals surface area contributed by atoms with E-state index < -0.39 is 21.9 Å². The van der Waals surface area contributed by atoms with Crippen molar-refractivity contribution in [1.29, 1.82) is 0 Å². The maximum atomic E-state index is 12.8. The van der Waals surface area contributed by atoms with E-state index in [-0.39, 0.29) is 11.5 Å². The third kappa shape index (κ3) is 3.01. The molecule has 0 amide bonds. The van der Waals surface area contributed by atoms with E-state index in [1.54, 1.807) is 0 Å². The zero-order chi connectivity index (χ0) is 12.3. The molecule has 0 aromatic heterocycles. The second-order valence-corrected chi connectivity index (χ2v) is 5.30. The van der Waals surface area contributed by atoms with Crippen LogP contribution in [0.5, 0.6) is 0 Å². The summed E-state index contributed by atoms with van der Waals surface area (Å²) in [6.45, 7) is 2.76. The first-order valence-corrected chi connectivity index (χ1v) is 6.24. The molecule has 4 nitrogen and oxygen atoms in total. The van der Waals surface area contributed by atoms with Crippen molar-refractivity contribution >= 4 is 10.0 Å². The molecule has 0 aliphatic heterocycles. The molecule has 0 bridgehead atoms. The molecule has 0 radical (unpaired) electrons. The molecule has 2 N–H and O–H groups in total. The van der Waals surface area contributed by atoms with Gasteiger partial charge in [0.2, 0.25) is 10.0 Å². The lowest BCUT2D eigenvalue weighted by atomic mass is 10.2. The van der Waals surface area contributed by atoms with Crippen molar-refractivity contribution in [3.63, 3.8) is 0 Å². The van der Waals surface area contributed by atoms with Crippen LogP contribution in [-0.2, 0) is 10.0 Å². The van der Waals surface area contributed by atoms with E-state index in [2.05, 4.69) is 4.72 Å². The third-order valence-electron chi connectivity index (χ3n) is 2.06. The van der Waals surface area contributed by atoms with Crippen molar-refractivity contribution in [1.82, 2.24) is 4.72 Å². The highest BCUT2D eigenvalue weighted by molar-refractivity contribution is 7.89. The average Bonchev–Trinajstić information content (AvgIpc) is 2.16. The second-order valence-electron chi connectivity index (χ2n) is 3.61. The van der Waals surface area contributed by atoms with Crippen LogP contribution in [0.25, 0.3) is 0 Å². The molecule has 0 saturated carbocycles. The molecule has 1 aromatic rings. The largest absolute Gasteiger partial charge is 0.395 e. The first-order chi connectivity index (χ1) is 7.36. The van der Waals surface area contributed by atoms with E-state index in [1.807, 2.05) is 0 Å². The number of benzene rings is 1. The summed E-state index contributed by atoms with van der Waals surface area (Å²) in [4.78, 5) is 0.0224. The quantitative estimate of drug-likeness (QED) is 0.826. The van der Waals surface area contributed by atoms with Crippen LogP contribution in [0.15, 0.2) is 23.1 Å². The van der Waals surface area contributed by atoms with Gasteiger partial charge in [-0.15, -0.1) is 0 Å². The van der Waals surface area contributed by atoms with E-state index in [9.17, 15) is 12.8 Å². The lowest BCUT2D eigenvalue weighted by molar-refractivity contribution is 0.265. The normalized spacial score (nSPS) is 13.8. The fourth-order valence-corrected chi connectivity index (χ4v) is 2.74. The summed E-state index contributed by atoms with van der Waals surface area (Å²) in [6, 6.07) is 2.87. The molecule has 0 unspecified atom stereocenters. The van der Waals surface area contributed by atoms with Gasteiger partial charge in [-0.3, -0.25) is 0 Å². The third-order valence-corrected chi connectivity index (χ3v) is 3.81. The summed E-state index contributed by atoms with van der Waals surface area (Å²) in [5.74, 6) is -0.480. The molecule has 0 aliphatic carbocycles. The molecule has 0 spiro atoms. The number of aliphatic hydroxyl groups excluding tert-OH is 1. The maximum absolute atomic E-state index is 12.8. The van der Waals surface area contributed by atoms with Crippen molar-refractivity contribution in [3.8, 4) is 0 Å². The van der Waals surface area contributed by atoms with Crippen LogP contribution < -0.4 is 4.72 Å². The number of aryl methyl sites for hydroxylation is 1. The Labute approximate surface area is 94.2 Å². The van der Waals surface area contributed by atoms with E-state index >= 15 is 0 Å². The topological polar surface area (TPSA) is 66.4 Å². The second kappa shape index (κ2) is 4.90. The van der Waals surface area contributed by atoms with Crippen LogP contribution in [0.2, 0.25) is 0 Å². The van der Waals surface area contributed by atoms with Crippen molar-refractivity contribution < 1.29 is 17.9 Å². The Balaban J connectivity index is 3.08. The summed E-state index contributed by atoms with van der Waals surface area (Å²) < 4.78 is 38.7. The number of aliphatic hydroxyl groups is 1. The predicted molar refractivity (Wildman–Crippen MR) is 58.0 cm³/mol. The van der Waals surface area contributed by atoms with Gasteiger partial charge in [0.05, 0.1) is 11.5 Å². The van der Waals surface area contributed by atoms with Gasteiger partial charge in [0.15, 0.2) is 0 Å². The molecular formula is C10H14FNO3S. The highest BCUT2D eigenvalue weighted by Gasteiger charge is 2.19. The minimum Gasteiger partial charge on any atom is -0.395 e. The summed E-state index contributed by atoms with van der Waals surface area (Å²) in [7, 11) is -3.70. The lowest BCUT2D eigenvalue weighted by Gasteiger charge is -2.13. The van der Waals surface area contributed by atoms with E-state index in [0.717, 1.165) is 12.1 Å². The molecule has 0 saturated heterocycles. The Morgan fingerprint density at radius 3 is 2.62 bits per heavy atom. The summed E-state index contributed by atoms with van der Waals surface area (Å²) >= 11 is 0.